The number of hydrogen-bond acceptors (Lipinski definition) is 4. The van der Waals surface area contributed by atoms with Crippen LogP contribution >= 0.6 is 0 Å². The Hall–Kier alpha value is -1.26. The van der Waals surface area contributed by atoms with Gasteiger partial charge < -0.3 is 15.8 Å². The van der Waals surface area contributed by atoms with Gasteiger partial charge in [0.2, 0.25) is 0 Å². The molecule has 0 saturated carbocycles. The number of carbonyl (C=O) groups is 1. The van der Waals surface area contributed by atoms with Gasteiger partial charge in [0.1, 0.15) is 6.61 Å². The molecule has 0 spiro atoms. The first kappa shape index (κ1) is 10.8. The zero-order valence-electron chi connectivity index (χ0n) is 8.29. The van der Waals surface area contributed by atoms with E-state index in [2.05, 4.69) is 15.0 Å². The van der Waals surface area contributed by atoms with E-state index in [0.29, 0.717) is 13.2 Å². The topological polar surface area (TPSA) is 76.7 Å². The second kappa shape index (κ2) is 6.23. The Morgan fingerprint density at radius 2 is 2.36 bits per heavy atom. The largest absolute Gasteiger partial charge is 0.448 e. The first-order valence-corrected chi connectivity index (χ1v) is 4.98. The summed E-state index contributed by atoms with van der Waals surface area (Å²) in [6.07, 6.45) is 3.86. The van der Waals surface area contributed by atoms with Gasteiger partial charge in [-0.25, -0.2) is 4.79 Å². The van der Waals surface area contributed by atoms with Crippen molar-refractivity contribution in [3.8, 4) is 0 Å². The number of amidine groups is 1. The maximum Gasteiger partial charge on any atom is 0.404 e. The molecule has 0 radical (unpaired) electrons. The molecule has 0 bridgehead atoms. The molecule has 14 heavy (non-hydrogen) atoms. The molecule has 3 N–H and O–H groups in total. The number of nitrogens with zero attached hydrogens (tertiary/aromatic N) is 1. The number of hydrogen-bond donors (Lipinski definition) is 2. The molecule has 1 heterocycles. The van der Waals surface area contributed by atoms with Gasteiger partial charge in [-0.3, -0.25) is 4.99 Å². The maximum absolute atomic E-state index is 10.2. The van der Waals surface area contributed by atoms with Crippen molar-refractivity contribution in [3.63, 3.8) is 0 Å². The summed E-state index contributed by atoms with van der Waals surface area (Å²) < 4.78 is 4.59. The van der Waals surface area contributed by atoms with Crippen molar-refractivity contribution in [3.05, 3.63) is 0 Å². The predicted octanol–water partition coefficient (Wildman–Crippen LogP) is 0.644. The summed E-state index contributed by atoms with van der Waals surface area (Å²) in [5.74, 6) is 1.02. The van der Waals surface area contributed by atoms with E-state index in [1.165, 1.54) is 19.3 Å². The van der Waals surface area contributed by atoms with Crippen molar-refractivity contribution < 1.29 is 9.53 Å². The highest BCUT2D eigenvalue weighted by molar-refractivity contribution is 5.82. The molecule has 0 aliphatic carbocycles. The van der Waals surface area contributed by atoms with Crippen molar-refractivity contribution in [2.24, 2.45) is 10.7 Å². The summed E-state index contributed by atoms with van der Waals surface area (Å²) in [7, 11) is 0. The van der Waals surface area contributed by atoms with Crippen LogP contribution in [0.2, 0.25) is 0 Å². The van der Waals surface area contributed by atoms with Crippen LogP contribution in [0.1, 0.15) is 25.7 Å². The molecule has 0 aromatic heterocycles. The number of primary amides is 1. The molecule has 1 rings (SSSR count). The average molecular weight is 199 g/mol. The van der Waals surface area contributed by atoms with E-state index in [9.17, 15) is 4.79 Å². The molecule has 0 aromatic carbocycles. The van der Waals surface area contributed by atoms with Crippen molar-refractivity contribution >= 4 is 11.9 Å². The van der Waals surface area contributed by atoms with Gasteiger partial charge in [-0.15, -0.1) is 0 Å². The number of nitrogens with two attached hydrogens (primary N) is 1. The normalized spacial score (nSPS) is 16.7. The number of amides is 1. The third kappa shape index (κ3) is 4.69. The number of nitrogens with one attached hydrogen (secondary N) is 1. The summed E-state index contributed by atoms with van der Waals surface area (Å²) in [6.45, 7) is 1.79. The third-order valence-corrected chi connectivity index (χ3v) is 2.05. The Morgan fingerprint density at radius 3 is 3.14 bits per heavy atom. The third-order valence-electron chi connectivity index (χ3n) is 2.05. The van der Waals surface area contributed by atoms with E-state index in [-0.39, 0.29) is 0 Å². The minimum atomic E-state index is -0.727. The van der Waals surface area contributed by atoms with E-state index in [0.717, 1.165) is 18.8 Å². The Labute approximate surface area is 83.7 Å². The highest BCUT2D eigenvalue weighted by atomic mass is 16.5. The number of rotatable bonds is 3. The van der Waals surface area contributed by atoms with Crippen molar-refractivity contribution in [2.45, 2.75) is 25.7 Å². The second-order valence-corrected chi connectivity index (χ2v) is 3.23. The monoisotopic (exact) mass is 199 g/mol. The molecule has 5 nitrogen and oxygen atoms in total. The second-order valence-electron chi connectivity index (χ2n) is 3.23. The Bertz CT molecular complexity index is 216. The minimum absolute atomic E-state index is 0.300. The van der Waals surface area contributed by atoms with Crippen molar-refractivity contribution in [1.82, 2.24) is 5.32 Å². The first-order chi connectivity index (χ1) is 6.79. The lowest BCUT2D eigenvalue weighted by molar-refractivity contribution is 0.159. The lowest BCUT2D eigenvalue weighted by Crippen LogP contribution is -2.28. The van der Waals surface area contributed by atoms with E-state index in [1.807, 2.05) is 0 Å². The molecule has 1 amide bonds. The Morgan fingerprint density at radius 1 is 1.50 bits per heavy atom. The lowest BCUT2D eigenvalue weighted by atomic mass is 10.2. The average Bonchev–Trinajstić information content (AvgIpc) is 2.40. The van der Waals surface area contributed by atoms with Crippen molar-refractivity contribution in [1.29, 1.82) is 0 Å². The van der Waals surface area contributed by atoms with E-state index in [1.54, 1.807) is 0 Å². The van der Waals surface area contributed by atoms with Crippen LogP contribution < -0.4 is 11.1 Å². The van der Waals surface area contributed by atoms with E-state index in [4.69, 9.17) is 5.73 Å². The SMILES string of the molecule is NC(=O)OCCNC1=NCCCCC1. The molecule has 0 aromatic rings. The smallest absolute Gasteiger partial charge is 0.404 e. The molecule has 5 heteroatoms. The molecule has 0 unspecified atom stereocenters. The van der Waals surface area contributed by atoms with E-state index >= 15 is 0 Å². The van der Waals surface area contributed by atoms with Crippen LogP contribution in [-0.4, -0.2) is 31.6 Å². The summed E-state index contributed by atoms with van der Waals surface area (Å²) in [4.78, 5) is 14.6. The summed E-state index contributed by atoms with van der Waals surface area (Å²) in [5.41, 5.74) is 4.82. The van der Waals surface area contributed by atoms with Gasteiger partial charge in [0.25, 0.3) is 0 Å². The number of carbonyl (C=O) groups excluding carboxylic acids is 1. The van der Waals surface area contributed by atoms with Crippen LogP contribution in [0, 0.1) is 0 Å². The van der Waals surface area contributed by atoms with Gasteiger partial charge in [-0.2, -0.15) is 0 Å². The molecule has 1 aliphatic rings. The van der Waals surface area contributed by atoms with Gasteiger partial charge in [-0.1, -0.05) is 6.42 Å². The van der Waals surface area contributed by atoms with E-state index < -0.39 is 6.09 Å². The van der Waals surface area contributed by atoms with Gasteiger partial charge in [0.05, 0.1) is 12.4 Å². The summed E-state index contributed by atoms with van der Waals surface area (Å²) in [5, 5.41) is 3.13. The number of aliphatic imine (C=N–C) groups is 1. The van der Waals surface area contributed by atoms with Crippen molar-refractivity contribution in [2.75, 3.05) is 19.7 Å². The van der Waals surface area contributed by atoms with Gasteiger partial charge in [-0.05, 0) is 12.8 Å². The fourth-order valence-corrected chi connectivity index (χ4v) is 1.37. The summed E-state index contributed by atoms with van der Waals surface area (Å²) in [6, 6.07) is 0. The van der Waals surface area contributed by atoms with Crippen LogP contribution in [0.4, 0.5) is 4.79 Å². The van der Waals surface area contributed by atoms with Gasteiger partial charge in [0, 0.05) is 13.0 Å². The standard InChI is InChI=1S/C9H17N3O2/c10-9(13)14-7-6-12-8-4-2-1-3-5-11-8/h1-7H2,(H2,10,13)(H,11,12). The first-order valence-electron chi connectivity index (χ1n) is 4.98. The molecule has 1 aliphatic heterocycles. The highest BCUT2D eigenvalue weighted by Gasteiger charge is 2.03. The van der Waals surface area contributed by atoms with Crippen LogP contribution in [0.3, 0.4) is 0 Å². The molecule has 80 valence electrons. The Kier molecular flexibility index (Phi) is 4.82. The van der Waals surface area contributed by atoms with Crippen LogP contribution in [-0.2, 0) is 4.74 Å². The zero-order valence-corrected chi connectivity index (χ0v) is 8.29. The molecule has 0 fully saturated rings. The van der Waals surface area contributed by atoms with Crippen LogP contribution in [0.15, 0.2) is 4.99 Å². The zero-order chi connectivity index (χ0) is 10.2. The molecule has 0 atom stereocenters. The fourth-order valence-electron chi connectivity index (χ4n) is 1.37. The predicted molar refractivity (Wildman–Crippen MR) is 54.3 cm³/mol. The molecular weight excluding hydrogens is 182 g/mol. The van der Waals surface area contributed by atoms with Crippen LogP contribution in [0.5, 0.6) is 0 Å². The minimum Gasteiger partial charge on any atom is -0.448 e. The number of ether oxygens (including phenoxy) is 1. The molecular formula is C9H17N3O2. The van der Waals surface area contributed by atoms with Gasteiger partial charge >= 0.3 is 6.09 Å². The quantitative estimate of drug-likeness (QED) is 0.655. The van der Waals surface area contributed by atoms with Gasteiger partial charge in [0.15, 0.2) is 0 Å². The maximum atomic E-state index is 10.2. The molecule has 0 saturated heterocycles. The highest BCUT2D eigenvalue weighted by Crippen LogP contribution is 2.05. The lowest BCUT2D eigenvalue weighted by Gasteiger charge is -2.07. The fraction of sp³-hybridized carbons (Fsp3) is 0.778. The van der Waals surface area contributed by atoms with Crippen LogP contribution in [0.25, 0.3) is 0 Å². The Balaban J connectivity index is 2.10. The summed E-state index contributed by atoms with van der Waals surface area (Å²) >= 11 is 0.